The lowest BCUT2D eigenvalue weighted by Gasteiger charge is -2.33. The lowest BCUT2D eigenvalue weighted by molar-refractivity contribution is -0.0100. The van der Waals surface area contributed by atoms with Crippen LogP contribution >= 0.6 is 11.3 Å². The number of nitrogens with zero attached hydrogens (tertiary/aromatic N) is 2. The molecule has 1 fully saturated rings. The van der Waals surface area contributed by atoms with Crippen LogP contribution in [0.4, 0.5) is 5.69 Å². The summed E-state index contributed by atoms with van der Waals surface area (Å²) in [5, 5.41) is 8.49. The molecule has 0 spiro atoms. The van der Waals surface area contributed by atoms with E-state index >= 15 is 0 Å². The van der Waals surface area contributed by atoms with Gasteiger partial charge in [0, 0.05) is 18.3 Å². The maximum atomic E-state index is 12.8. The van der Waals surface area contributed by atoms with E-state index in [0.717, 1.165) is 0 Å². The highest BCUT2D eigenvalue weighted by Crippen LogP contribution is 2.27. The number of aromatic nitrogens is 1. The Bertz CT molecular complexity index is 924. The summed E-state index contributed by atoms with van der Waals surface area (Å²) in [6, 6.07) is 13.9. The second-order valence-electron chi connectivity index (χ2n) is 6.00. The molecule has 1 aliphatic heterocycles. The van der Waals surface area contributed by atoms with Gasteiger partial charge in [0.1, 0.15) is 6.04 Å². The maximum Gasteiger partial charge on any atom is 0.277 e. The van der Waals surface area contributed by atoms with Gasteiger partial charge in [-0.3, -0.25) is 9.59 Å². The second-order valence-corrected chi connectivity index (χ2v) is 6.95. The first kappa shape index (κ1) is 17.4. The fraction of sp³-hybridized carbons (Fsp3) is 0.211. The van der Waals surface area contributed by atoms with Gasteiger partial charge in [0.25, 0.3) is 11.8 Å². The van der Waals surface area contributed by atoms with E-state index in [1.165, 1.54) is 11.3 Å². The van der Waals surface area contributed by atoms with Gasteiger partial charge in [-0.25, -0.2) is 0 Å². The number of nitrogens with one attached hydrogen (secondary N) is 1. The number of ether oxygens (including phenoxy) is 1. The minimum absolute atomic E-state index is 0.0787. The van der Waals surface area contributed by atoms with E-state index in [1.807, 2.05) is 29.6 Å². The molecule has 138 valence electrons. The van der Waals surface area contributed by atoms with Gasteiger partial charge in [0.05, 0.1) is 18.1 Å². The van der Waals surface area contributed by atoms with Crippen molar-refractivity contribution in [1.29, 1.82) is 0 Å². The lowest BCUT2D eigenvalue weighted by atomic mass is 10.1. The Balaban J connectivity index is 1.52. The topological polar surface area (TPSA) is 84.7 Å². The number of benzene rings is 1. The van der Waals surface area contributed by atoms with Crippen molar-refractivity contribution >= 4 is 28.8 Å². The van der Waals surface area contributed by atoms with Crippen molar-refractivity contribution in [3.63, 3.8) is 0 Å². The Kier molecular flexibility index (Phi) is 4.99. The highest BCUT2D eigenvalue weighted by Gasteiger charge is 2.33. The number of para-hydroxylation sites is 1. The minimum Gasteiger partial charge on any atom is -0.377 e. The number of rotatable bonds is 4. The number of amides is 2. The highest BCUT2D eigenvalue weighted by atomic mass is 32.1. The van der Waals surface area contributed by atoms with E-state index in [4.69, 9.17) is 9.26 Å². The van der Waals surface area contributed by atoms with Gasteiger partial charge >= 0.3 is 0 Å². The van der Waals surface area contributed by atoms with Crippen molar-refractivity contribution in [2.75, 3.05) is 25.1 Å². The zero-order valence-corrected chi connectivity index (χ0v) is 15.1. The van der Waals surface area contributed by atoms with Gasteiger partial charge in [0.2, 0.25) is 0 Å². The quantitative estimate of drug-likeness (QED) is 0.748. The van der Waals surface area contributed by atoms with Crippen LogP contribution in [0.15, 0.2) is 58.4 Å². The standard InChI is InChI=1S/C19H17N3O4S/c23-18(20-13-5-2-1-3-6-13)14-11-16(26-21-14)15-12-25-9-8-22(15)19(24)17-7-4-10-27-17/h1-7,10-11,15H,8-9,12H2,(H,20,23). The predicted molar refractivity (Wildman–Crippen MR) is 99.8 cm³/mol. The summed E-state index contributed by atoms with van der Waals surface area (Å²) in [4.78, 5) is 27.5. The van der Waals surface area contributed by atoms with Gasteiger partial charge in [-0.1, -0.05) is 29.4 Å². The first-order valence-electron chi connectivity index (χ1n) is 8.47. The van der Waals surface area contributed by atoms with Crippen LogP contribution in [-0.4, -0.2) is 41.6 Å². The Morgan fingerprint density at radius 1 is 1.19 bits per heavy atom. The summed E-state index contributed by atoms with van der Waals surface area (Å²) < 4.78 is 10.9. The monoisotopic (exact) mass is 383 g/mol. The molecule has 2 amide bonds. The number of hydrogen-bond donors (Lipinski definition) is 1. The smallest absolute Gasteiger partial charge is 0.277 e. The van der Waals surface area contributed by atoms with Crippen LogP contribution in [0.5, 0.6) is 0 Å². The molecule has 3 aromatic rings. The molecule has 1 aromatic carbocycles. The van der Waals surface area contributed by atoms with Crippen LogP contribution in [0.25, 0.3) is 0 Å². The molecule has 7 nitrogen and oxygen atoms in total. The lowest BCUT2D eigenvalue weighted by Crippen LogP contribution is -2.43. The molecule has 8 heteroatoms. The summed E-state index contributed by atoms with van der Waals surface area (Å²) in [5.74, 6) is -0.0214. The van der Waals surface area contributed by atoms with E-state index < -0.39 is 6.04 Å². The van der Waals surface area contributed by atoms with Crippen molar-refractivity contribution in [3.05, 3.63) is 70.2 Å². The molecule has 0 saturated carbocycles. The first-order chi connectivity index (χ1) is 13.2. The zero-order valence-electron chi connectivity index (χ0n) is 14.3. The van der Waals surface area contributed by atoms with Gasteiger partial charge in [0.15, 0.2) is 11.5 Å². The average Bonchev–Trinajstić information content (AvgIpc) is 3.40. The van der Waals surface area contributed by atoms with Crippen molar-refractivity contribution < 1.29 is 18.8 Å². The molecule has 1 N–H and O–H groups in total. The Labute approximate surface area is 159 Å². The highest BCUT2D eigenvalue weighted by molar-refractivity contribution is 7.12. The van der Waals surface area contributed by atoms with Crippen LogP contribution < -0.4 is 5.32 Å². The summed E-state index contributed by atoms with van der Waals surface area (Å²) in [6.45, 7) is 1.21. The first-order valence-corrected chi connectivity index (χ1v) is 9.35. The average molecular weight is 383 g/mol. The van der Waals surface area contributed by atoms with Crippen molar-refractivity contribution in [2.24, 2.45) is 0 Å². The van der Waals surface area contributed by atoms with E-state index in [9.17, 15) is 9.59 Å². The summed E-state index contributed by atoms with van der Waals surface area (Å²) in [5.41, 5.74) is 0.825. The van der Waals surface area contributed by atoms with Crippen molar-refractivity contribution in [2.45, 2.75) is 6.04 Å². The molecule has 1 atom stereocenters. The fourth-order valence-corrected chi connectivity index (χ4v) is 3.57. The number of thiophene rings is 1. The van der Waals surface area contributed by atoms with Crippen molar-refractivity contribution in [1.82, 2.24) is 10.1 Å². The molecule has 0 aliphatic carbocycles. The normalized spacial score (nSPS) is 16.9. The number of carbonyl (C=O) groups excluding carboxylic acids is 2. The van der Waals surface area contributed by atoms with Gasteiger partial charge < -0.3 is 19.5 Å². The van der Waals surface area contributed by atoms with Gasteiger partial charge in [-0.15, -0.1) is 11.3 Å². The van der Waals surface area contributed by atoms with Crippen LogP contribution in [-0.2, 0) is 4.74 Å². The number of carbonyl (C=O) groups is 2. The summed E-state index contributed by atoms with van der Waals surface area (Å²) >= 11 is 1.39. The molecule has 0 radical (unpaired) electrons. The van der Waals surface area contributed by atoms with Gasteiger partial charge in [-0.2, -0.15) is 0 Å². The molecule has 2 aromatic heterocycles. The Morgan fingerprint density at radius 2 is 2.04 bits per heavy atom. The Hall–Kier alpha value is -2.97. The third-order valence-corrected chi connectivity index (χ3v) is 5.10. The SMILES string of the molecule is O=C(Nc1ccccc1)c1cc(C2COCCN2C(=O)c2cccs2)on1. The molecule has 27 heavy (non-hydrogen) atoms. The van der Waals surface area contributed by atoms with E-state index in [1.54, 1.807) is 29.2 Å². The molecular formula is C19H17N3O4S. The minimum atomic E-state index is -0.417. The predicted octanol–water partition coefficient (Wildman–Crippen LogP) is 3.20. The molecule has 3 heterocycles. The van der Waals surface area contributed by atoms with E-state index in [0.29, 0.717) is 36.1 Å². The number of anilines is 1. The largest absolute Gasteiger partial charge is 0.377 e. The van der Waals surface area contributed by atoms with Crippen LogP contribution in [0.1, 0.15) is 32.0 Å². The molecule has 1 aliphatic rings. The van der Waals surface area contributed by atoms with Crippen LogP contribution in [0, 0.1) is 0 Å². The number of hydrogen-bond acceptors (Lipinski definition) is 6. The summed E-state index contributed by atoms with van der Waals surface area (Å²) in [7, 11) is 0. The molecular weight excluding hydrogens is 366 g/mol. The van der Waals surface area contributed by atoms with Crippen LogP contribution in [0.3, 0.4) is 0 Å². The molecule has 1 unspecified atom stereocenters. The van der Waals surface area contributed by atoms with Gasteiger partial charge in [-0.05, 0) is 23.6 Å². The van der Waals surface area contributed by atoms with Crippen LogP contribution in [0.2, 0.25) is 0 Å². The maximum absolute atomic E-state index is 12.8. The van der Waals surface area contributed by atoms with Crippen molar-refractivity contribution in [3.8, 4) is 0 Å². The molecule has 0 bridgehead atoms. The fourth-order valence-electron chi connectivity index (χ4n) is 2.89. The molecule has 1 saturated heterocycles. The third kappa shape index (κ3) is 3.76. The van der Waals surface area contributed by atoms with E-state index in [-0.39, 0.29) is 17.5 Å². The second kappa shape index (κ2) is 7.73. The number of morpholine rings is 1. The van der Waals surface area contributed by atoms with E-state index in [2.05, 4.69) is 10.5 Å². The summed E-state index contributed by atoms with van der Waals surface area (Å²) in [6.07, 6.45) is 0. The molecule has 4 rings (SSSR count). The zero-order chi connectivity index (χ0) is 18.6. The third-order valence-electron chi connectivity index (χ3n) is 4.24. The Morgan fingerprint density at radius 3 is 2.81 bits per heavy atom.